The van der Waals surface area contributed by atoms with Crippen molar-refractivity contribution in [2.45, 2.75) is 57.8 Å². The Morgan fingerprint density at radius 1 is 1.12 bits per heavy atom. The highest BCUT2D eigenvalue weighted by Crippen LogP contribution is 2.26. The van der Waals surface area contributed by atoms with Crippen molar-refractivity contribution in [3.8, 4) is 0 Å². The summed E-state index contributed by atoms with van der Waals surface area (Å²) in [6.45, 7) is 1.04. The van der Waals surface area contributed by atoms with Crippen molar-refractivity contribution in [3.05, 3.63) is 29.3 Å². The van der Waals surface area contributed by atoms with Crippen molar-refractivity contribution >= 4 is 17.6 Å². The normalized spacial score (nSPS) is 18.0. The largest absolute Gasteiger partial charge is 0.370 e. The van der Waals surface area contributed by atoms with E-state index >= 15 is 0 Å². The maximum Gasteiger partial charge on any atom is 0.220 e. The molecule has 0 aromatic heterocycles. The minimum absolute atomic E-state index is 0.146. The van der Waals surface area contributed by atoms with E-state index in [0.29, 0.717) is 31.4 Å². The quantitative estimate of drug-likeness (QED) is 0.422. The number of benzene rings is 1. The lowest BCUT2D eigenvalue weighted by molar-refractivity contribution is -0.122. The molecule has 2 aliphatic rings. The van der Waals surface area contributed by atoms with Crippen LogP contribution in [0.3, 0.4) is 0 Å². The van der Waals surface area contributed by atoms with E-state index < -0.39 is 0 Å². The summed E-state index contributed by atoms with van der Waals surface area (Å²) in [5, 5.41) is 6.09. The predicted octanol–water partition coefficient (Wildman–Crippen LogP) is 2.99. The van der Waals surface area contributed by atoms with E-state index in [-0.39, 0.29) is 5.91 Å². The van der Waals surface area contributed by atoms with Gasteiger partial charge in [0.2, 0.25) is 5.91 Å². The monoisotopic (exact) mass is 342 g/mol. The highest BCUT2D eigenvalue weighted by Gasteiger charge is 2.16. The molecule has 5 nitrogen and oxygen atoms in total. The molecule has 0 spiro atoms. The third-order valence-electron chi connectivity index (χ3n) is 5.29. The van der Waals surface area contributed by atoms with Crippen molar-refractivity contribution in [1.29, 1.82) is 0 Å². The first-order chi connectivity index (χ1) is 12.2. The van der Waals surface area contributed by atoms with Crippen LogP contribution in [0.1, 0.15) is 56.1 Å². The molecule has 0 heterocycles. The summed E-state index contributed by atoms with van der Waals surface area (Å²) in [4.78, 5) is 16.2. The molecular formula is C20H30N4O. The van der Waals surface area contributed by atoms with Crippen LogP contribution < -0.4 is 16.4 Å². The Bertz CT molecular complexity index is 620. The van der Waals surface area contributed by atoms with Crippen LogP contribution in [0.25, 0.3) is 0 Å². The average molecular weight is 342 g/mol. The van der Waals surface area contributed by atoms with Crippen LogP contribution in [0.5, 0.6) is 0 Å². The number of fused-ring (bicyclic) bond motifs is 1. The lowest BCUT2D eigenvalue weighted by Gasteiger charge is -2.20. The molecule has 1 amide bonds. The van der Waals surface area contributed by atoms with Crippen molar-refractivity contribution in [1.82, 2.24) is 5.32 Å². The Morgan fingerprint density at radius 2 is 1.92 bits per heavy atom. The van der Waals surface area contributed by atoms with Gasteiger partial charge in [-0.3, -0.25) is 9.79 Å². The topological polar surface area (TPSA) is 79.5 Å². The third-order valence-corrected chi connectivity index (χ3v) is 5.29. The molecule has 2 aliphatic carbocycles. The van der Waals surface area contributed by atoms with Crippen molar-refractivity contribution in [2.24, 2.45) is 16.6 Å². The van der Waals surface area contributed by atoms with Crippen LogP contribution in [0.4, 0.5) is 5.69 Å². The number of nitrogens with one attached hydrogen (secondary N) is 2. The number of hydrogen-bond donors (Lipinski definition) is 3. The van der Waals surface area contributed by atoms with E-state index in [1.807, 2.05) is 0 Å². The molecule has 25 heavy (non-hydrogen) atoms. The minimum Gasteiger partial charge on any atom is -0.370 e. The SMILES string of the molecule is NC(=NCCNC(=O)CC1CCCCC1)Nc1ccc2c(c1)CCC2. The molecule has 0 saturated heterocycles. The van der Waals surface area contributed by atoms with Gasteiger partial charge in [0.25, 0.3) is 0 Å². The molecule has 1 fully saturated rings. The molecule has 0 atom stereocenters. The molecule has 1 saturated carbocycles. The second-order valence-electron chi connectivity index (χ2n) is 7.29. The Kier molecular flexibility index (Phi) is 6.31. The number of aliphatic imine (C=N–C) groups is 1. The van der Waals surface area contributed by atoms with Crippen LogP contribution in [0.2, 0.25) is 0 Å². The molecule has 4 N–H and O–H groups in total. The fraction of sp³-hybridized carbons (Fsp3) is 0.600. The maximum absolute atomic E-state index is 11.9. The summed E-state index contributed by atoms with van der Waals surface area (Å²) < 4.78 is 0. The second-order valence-corrected chi connectivity index (χ2v) is 7.29. The van der Waals surface area contributed by atoms with Gasteiger partial charge in [0.05, 0.1) is 6.54 Å². The average Bonchev–Trinajstić information content (AvgIpc) is 3.07. The Hall–Kier alpha value is -2.04. The fourth-order valence-electron chi connectivity index (χ4n) is 3.93. The van der Waals surface area contributed by atoms with Gasteiger partial charge in [-0.1, -0.05) is 25.3 Å². The molecule has 0 bridgehead atoms. The first kappa shape index (κ1) is 17.8. The first-order valence-electron chi connectivity index (χ1n) is 9.66. The number of aryl methyl sites for hydroxylation is 2. The number of hydrogen-bond acceptors (Lipinski definition) is 2. The highest BCUT2D eigenvalue weighted by molar-refractivity contribution is 5.92. The fourth-order valence-corrected chi connectivity index (χ4v) is 3.93. The predicted molar refractivity (Wildman–Crippen MR) is 103 cm³/mol. The van der Waals surface area contributed by atoms with Gasteiger partial charge < -0.3 is 16.4 Å². The number of guanidine groups is 1. The van der Waals surface area contributed by atoms with Gasteiger partial charge in [-0.25, -0.2) is 0 Å². The zero-order chi connectivity index (χ0) is 17.5. The number of amides is 1. The molecule has 0 radical (unpaired) electrons. The summed E-state index contributed by atoms with van der Waals surface area (Å²) in [5.74, 6) is 1.12. The summed E-state index contributed by atoms with van der Waals surface area (Å²) in [6, 6.07) is 6.39. The summed E-state index contributed by atoms with van der Waals surface area (Å²) in [5.41, 5.74) is 9.79. The summed E-state index contributed by atoms with van der Waals surface area (Å²) in [7, 11) is 0. The van der Waals surface area contributed by atoms with Gasteiger partial charge in [-0.2, -0.15) is 0 Å². The molecule has 5 heteroatoms. The molecule has 0 aliphatic heterocycles. The zero-order valence-electron chi connectivity index (χ0n) is 15.0. The molecule has 3 rings (SSSR count). The lowest BCUT2D eigenvalue weighted by Crippen LogP contribution is -2.30. The number of carbonyl (C=O) groups excluding carboxylic acids is 1. The number of anilines is 1. The van der Waals surface area contributed by atoms with Gasteiger partial charge in [0, 0.05) is 18.7 Å². The van der Waals surface area contributed by atoms with E-state index in [2.05, 4.69) is 33.8 Å². The van der Waals surface area contributed by atoms with E-state index in [1.54, 1.807) is 0 Å². The smallest absolute Gasteiger partial charge is 0.220 e. The van der Waals surface area contributed by atoms with Crippen LogP contribution in [-0.4, -0.2) is 25.0 Å². The van der Waals surface area contributed by atoms with Gasteiger partial charge >= 0.3 is 0 Å². The standard InChI is InChI=1S/C20H30N4O/c21-20(24-18-10-9-16-7-4-8-17(16)14-18)23-12-11-22-19(25)13-15-5-2-1-3-6-15/h9-10,14-15H,1-8,11-13H2,(H,22,25)(H3,21,23,24). The van der Waals surface area contributed by atoms with Gasteiger partial charge in [-0.15, -0.1) is 0 Å². The Morgan fingerprint density at radius 3 is 2.76 bits per heavy atom. The van der Waals surface area contributed by atoms with E-state index in [4.69, 9.17) is 5.73 Å². The zero-order valence-corrected chi connectivity index (χ0v) is 15.0. The van der Waals surface area contributed by atoms with Crippen molar-refractivity contribution < 1.29 is 4.79 Å². The van der Waals surface area contributed by atoms with Crippen molar-refractivity contribution in [3.63, 3.8) is 0 Å². The maximum atomic E-state index is 11.9. The van der Waals surface area contributed by atoms with Crippen LogP contribution in [0, 0.1) is 5.92 Å². The second kappa shape index (κ2) is 8.88. The Labute approximate surface area is 150 Å². The molecular weight excluding hydrogens is 312 g/mol. The lowest BCUT2D eigenvalue weighted by atomic mass is 9.87. The van der Waals surface area contributed by atoms with E-state index in [0.717, 1.165) is 12.1 Å². The molecule has 1 aromatic carbocycles. The van der Waals surface area contributed by atoms with Gasteiger partial charge in [0.1, 0.15) is 0 Å². The Balaban J connectivity index is 1.36. The third kappa shape index (κ3) is 5.48. The van der Waals surface area contributed by atoms with Crippen molar-refractivity contribution in [2.75, 3.05) is 18.4 Å². The molecule has 0 unspecified atom stereocenters. The van der Waals surface area contributed by atoms with E-state index in [1.165, 1.54) is 56.1 Å². The number of nitrogens with zero attached hydrogens (tertiary/aromatic N) is 1. The summed E-state index contributed by atoms with van der Waals surface area (Å²) in [6.07, 6.45) is 10.5. The van der Waals surface area contributed by atoms with Crippen LogP contribution in [-0.2, 0) is 17.6 Å². The minimum atomic E-state index is 0.146. The number of carbonyl (C=O) groups is 1. The van der Waals surface area contributed by atoms with Gasteiger partial charge in [-0.05, 0) is 61.3 Å². The van der Waals surface area contributed by atoms with Crippen LogP contribution in [0.15, 0.2) is 23.2 Å². The number of nitrogens with two attached hydrogens (primary N) is 1. The van der Waals surface area contributed by atoms with Gasteiger partial charge in [0.15, 0.2) is 5.96 Å². The van der Waals surface area contributed by atoms with Crippen LogP contribution >= 0.6 is 0 Å². The molecule has 136 valence electrons. The first-order valence-corrected chi connectivity index (χ1v) is 9.66. The highest BCUT2D eigenvalue weighted by atomic mass is 16.1. The van der Waals surface area contributed by atoms with E-state index in [9.17, 15) is 4.79 Å². The summed E-state index contributed by atoms with van der Waals surface area (Å²) >= 11 is 0. The number of rotatable bonds is 6. The molecule has 1 aromatic rings.